The Morgan fingerprint density at radius 2 is 1.91 bits per heavy atom. The molecule has 0 bridgehead atoms. The van der Waals surface area contributed by atoms with Crippen molar-refractivity contribution in [2.75, 3.05) is 0 Å². The van der Waals surface area contributed by atoms with Crippen molar-refractivity contribution in [1.29, 1.82) is 0 Å². The lowest BCUT2D eigenvalue weighted by Crippen LogP contribution is -1.86. The number of furan rings is 1. The maximum absolute atomic E-state index is 7.57. The molecular weight excluding hydrogens is 270 g/mol. The van der Waals surface area contributed by atoms with Crippen molar-refractivity contribution in [1.82, 2.24) is 4.98 Å². The molecule has 0 aliphatic heterocycles. The quantitative estimate of drug-likeness (QED) is 0.468. The van der Waals surface area contributed by atoms with Gasteiger partial charge in [0.1, 0.15) is 11.1 Å². The molecule has 2 aromatic carbocycles. The van der Waals surface area contributed by atoms with E-state index in [4.69, 9.17) is 8.53 Å². The summed E-state index contributed by atoms with van der Waals surface area (Å²) in [7, 11) is 0. The minimum atomic E-state index is -1.99. The highest BCUT2D eigenvalue weighted by Gasteiger charge is 2.12. The van der Waals surface area contributed by atoms with E-state index in [1.54, 1.807) is 13.1 Å². The van der Waals surface area contributed by atoms with Gasteiger partial charge in [0.15, 0.2) is 5.58 Å². The first-order valence-electron chi connectivity index (χ1n) is 8.82. The zero-order valence-electron chi connectivity index (χ0n) is 15.2. The van der Waals surface area contributed by atoms with Crippen molar-refractivity contribution < 1.29 is 8.53 Å². The summed E-state index contributed by atoms with van der Waals surface area (Å²) in [5.74, 6) is -0.493. The predicted octanol–water partition coefficient (Wildman–Crippen LogP) is 5.77. The van der Waals surface area contributed by atoms with Crippen molar-refractivity contribution in [3.05, 3.63) is 66.4 Å². The Kier molecular flexibility index (Phi) is 2.31. The second-order valence-corrected chi connectivity index (χ2v) is 5.48. The Balaban J connectivity index is 1.82. The lowest BCUT2D eigenvalue weighted by molar-refractivity contribution is 0.669. The summed E-state index contributed by atoms with van der Waals surface area (Å²) in [6.07, 6.45) is 1.76. The van der Waals surface area contributed by atoms with E-state index in [9.17, 15) is 0 Å². The fraction of sp³-hybridized carbons (Fsp3) is 0.150. The zero-order valence-corrected chi connectivity index (χ0v) is 12.2. The molecule has 0 radical (unpaired) electrons. The van der Waals surface area contributed by atoms with Crippen LogP contribution < -0.4 is 0 Å². The van der Waals surface area contributed by atoms with Gasteiger partial charge >= 0.3 is 0 Å². The lowest BCUT2D eigenvalue weighted by Gasteiger charge is -2.07. The number of nitrogens with zero attached hydrogens (tertiary/aromatic N) is 1. The summed E-state index contributed by atoms with van der Waals surface area (Å²) >= 11 is 0. The average Bonchev–Trinajstić information content (AvgIpc) is 2.99. The summed E-state index contributed by atoms with van der Waals surface area (Å²) in [6.45, 7) is -0.264. The van der Waals surface area contributed by atoms with Gasteiger partial charge < -0.3 is 4.42 Å². The van der Waals surface area contributed by atoms with Crippen molar-refractivity contribution >= 4 is 22.1 Å². The van der Waals surface area contributed by atoms with Gasteiger partial charge in [-0.1, -0.05) is 50.2 Å². The van der Waals surface area contributed by atoms with E-state index in [1.807, 2.05) is 54.6 Å². The van der Waals surface area contributed by atoms with Crippen LogP contribution in [-0.4, -0.2) is 4.98 Å². The van der Waals surface area contributed by atoms with Crippen LogP contribution >= 0.6 is 0 Å². The summed E-state index contributed by atoms with van der Waals surface area (Å²) in [4.78, 5) is 4.41. The van der Waals surface area contributed by atoms with Crippen LogP contribution in [0.25, 0.3) is 33.2 Å². The van der Waals surface area contributed by atoms with Gasteiger partial charge in [0, 0.05) is 21.3 Å². The largest absolute Gasteiger partial charge is 0.454 e. The minimum Gasteiger partial charge on any atom is -0.454 e. The molecule has 0 amide bonds. The second kappa shape index (κ2) is 4.99. The van der Waals surface area contributed by atoms with E-state index < -0.39 is 12.8 Å². The first kappa shape index (κ1) is 10.2. The first-order chi connectivity index (χ1) is 11.9. The number of rotatable bonds is 2. The molecule has 2 nitrogen and oxygen atoms in total. The monoisotopic (exact) mass is 290 g/mol. The summed E-state index contributed by atoms with van der Waals surface area (Å²) in [5, 5.41) is 0.980. The molecule has 0 N–H and O–H groups in total. The van der Waals surface area contributed by atoms with Gasteiger partial charge in [-0.25, -0.2) is 0 Å². The molecule has 1 unspecified atom stereocenters. The molecule has 1 atom stereocenters. The van der Waals surface area contributed by atoms with E-state index in [1.165, 1.54) is 0 Å². The SMILES string of the molecule is [2H]C([2H])([2H])C(C)c1ccc(-c2cccc3c2oc2cccnc23)cc1. The molecule has 2 heteroatoms. The van der Waals surface area contributed by atoms with Crippen LogP contribution in [0.3, 0.4) is 0 Å². The number of pyridine rings is 1. The Labute approximate surface area is 133 Å². The molecule has 0 saturated heterocycles. The number of hydrogen-bond donors (Lipinski definition) is 0. The predicted molar refractivity (Wildman–Crippen MR) is 91.0 cm³/mol. The van der Waals surface area contributed by atoms with Gasteiger partial charge in [-0.05, 0) is 35.2 Å². The first-order valence-corrected chi connectivity index (χ1v) is 7.32. The van der Waals surface area contributed by atoms with E-state index in [-0.39, 0.29) is 0 Å². The molecular formula is C20H17NO. The molecule has 4 rings (SSSR count). The van der Waals surface area contributed by atoms with Crippen LogP contribution in [0.4, 0.5) is 0 Å². The maximum Gasteiger partial charge on any atom is 0.153 e. The van der Waals surface area contributed by atoms with E-state index in [0.717, 1.165) is 38.8 Å². The van der Waals surface area contributed by atoms with Gasteiger partial charge in [-0.15, -0.1) is 0 Å². The fourth-order valence-corrected chi connectivity index (χ4v) is 2.80. The zero-order chi connectivity index (χ0) is 17.6. The second-order valence-electron chi connectivity index (χ2n) is 5.48. The highest BCUT2D eigenvalue weighted by atomic mass is 16.3. The van der Waals surface area contributed by atoms with Crippen LogP contribution in [-0.2, 0) is 0 Å². The summed E-state index contributed by atoms with van der Waals surface area (Å²) < 4.78 is 28.7. The van der Waals surface area contributed by atoms with Crippen molar-refractivity contribution in [3.63, 3.8) is 0 Å². The van der Waals surface area contributed by atoms with E-state index in [2.05, 4.69) is 4.98 Å². The number of benzene rings is 2. The van der Waals surface area contributed by atoms with Crippen LogP contribution in [0, 0.1) is 0 Å². The van der Waals surface area contributed by atoms with Gasteiger partial charge in [0.05, 0.1) is 0 Å². The number of para-hydroxylation sites is 1. The molecule has 0 fully saturated rings. The third kappa shape index (κ3) is 2.00. The van der Waals surface area contributed by atoms with Crippen molar-refractivity contribution in [3.8, 4) is 11.1 Å². The number of aromatic nitrogens is 1. The summed E-state index contributed by atoms with van der Waals surface area (Å²) in [5.41, 5.74) is 5.19. The molecule has 108 valence electrons. The van der Waals surface area contributed by atoms with Crippen LogP contribution in [0.15, 0.2) is 65.2 Å². The van der Waals surface area contributed by atoms with Gasteiger partial charge in [-0.2, -0.15) is 0 Å². The average molecular weight is 290 g/mol. The van der Waals surface area contributed by atoms with E-state index in [0.29, 0.717) is 0 Å². The molecule has 2 heterocycles. The molecule has 4 aromatic rings. The third-order valence-corrected chi connectivity index (χ3v) is 3.97. The Morgan fingerprint density at radius 1 is 1.05 bits per heavy atom. The van der Waals surface area contributed by atoms with Gasteiger partial charge in [-0.3, -0.25) is 4.98 Å². The lowest BCUT2D eigenvalue weighted by atomic mass is 9.98. The summed E-state index contributed by atoms with van der Waals surface area (Å²) in [6, 6.07) is 17.4. The standard InChI is InChI=1S/C20H17NO/c1-13(2)14-8-10-15(11-9-14)16-5-3-6-17-19-18(22-20(16)17)7-4-12-21-19/h3-13H,1-2H3/i1D3. The third-order valence-electron chi connectivity index (χ3n) is 3.97. The smallest absolute Gasteiger partial charge is 0.153 e. The van der Waals surface area contributed by atoms with Crippen molar-refractivity contribution in [2.45, 2.75) is 19.7 Å². The minimum absolute atomic E-state index is 0.493. The van der Waals surface area contributed by atoms with Crippen LogP contribution in [0.5, 0.6) is 0 Å². The van der Waals surface area contributed by atoms with Gasteiger partial charge in [0.2, 0.25) is 0 Å². The number of fused-ring (bicyclic) bond motifs is 3. The highest BCUT2D eigenvalue weighted by molar-refractivity contribution is 6.07. The van der Waals surface area contributed by atoms with Crippen LogP contribution in [0.2, 0.25) is 0 Å². The molecule has 0 saturated carbocycles. The fourth-order valence-electron chi connectivity index (χ4n) is 2.80. The van der Waals surface area contributed by atoms with Crippen molar-refractivity contribution in [2.24, 2.45) is 0 Å². The molecule has 0 spiro atoms. The normalized spacial score (nSPS) is 15.4. The molecule has 0 aliphatic rings. The Morgan fingerprint density at radius 3 is 2.73 bits per heavy atom. The van der Waals surface area contributed by atoms with Gasteiger partial charge in [0.25, 0.3) is 0 Å². The Bertz CT molecular complexity index is 1050. The van der Waals surface area contributed by atoms with E-state index >= 15 is 0 Å². The highest BCUT2D eigenvalue weighted by Crippen LogP contribution is 2.34. The topological polar surface area (TPSA) is 26.0 Å². The molecule has 22 heavy (non-hydrogen) atoms. The van der Waals surface area contributed by atoms with Crippen LogP contribution in [0.1, 0.15) is 29.4 Å². The molecule has 0 aliphatic carbocycles. The number of hydrogen-bond acceptors (Lipinski definition) is 2. The Hall–Kier alpha value is -2.61. The molecule has 2 aromatic heterocycles. The maximum atomic E-state index is 7.57.